The average Bonchev–Trinajstić information content (AvgIpc) is 3.49. The molecule has 0 aliphatic carbocycles. The minimum absolute atomic E-state index is 0.119. The Hall–Kier alpha value is -4.26. The Morgan fingerprint density at radius 1 is 1.06 bits per heavy atom. The summed E-state index contributed by atoms with van der Waals surface area (Å²) in [6, 6.07) is 22.2. The lowest BCUT2D eigenvalue weighted by molar-refractivity contribution is 0.0696. The Bertz CT molecular complexity index is 1300. The number of benzene rings is 3. The van der Waals surface area contributed by atoms with Crippen LogP contribution < -0.4 is 5.32 Å². The SMILES string of the molecule is O=C(O)c1cccc(-c2nc3ccc(NC(Cc4ccccc4)C4=COCO4)cc3o2)c1. The topological polar surface area (TPSA) is 93.8 Å². The van der Waals surface area contributed by atoms with E-state index in [2.05, 4.69) is 22.4 Å². The van der Waals surface area contributed by atoms with Gasteiger partial charge in [-0.05, 0) is 42.3 Å². The molecule has 0 fully saturated rings. The summed E-state index contributed by atoms with van der Waals surface area (Å²) < 4.78 is 16.8. The number of ether oxygens (including phenoxy) is 2. The number of carboxylic acid groups (broad SMARTS) is 1. The summed E-state index contributed by atoms with van der Waals surface area (Å²) in [5, 5.41) is 12.7. The second-order valence-electron chi connectivity index (χ2n) is 7.42. The van der Waals surface area contributed by atoms with Crippen LogP contribution in [-0.4, -0.2) is 28.9 Å². The second-order valence-corrected chi connectivity index (χ2v) is 7.42. The van der Waals surface area contributed by atoms with Crippen molar-refractivity contribution in [2.24, 2.45) is 0 Å². The van der Waals surface area contributed by atoms with Crippen LogP contribution in [0, 0.1) is 0 Å². The molecule has 1 aliphatic rings. The van der Waals surface area contributed by atoms with Gasteiger partial charge in [0.2, 0.25) is 12.7 Å². The molecule has 1 atom stereocenters. The van der Waals surface area contributed by atoms with Crippen molar-refractivity contribution in [3.8, 4) is 11.5 Å². The van der Waals surface area contributed by atoms with E-state index >= 15 is 0 Å². The summed E-state index contributed by atoms with van der Waals surface area (Å²) in [7, 11) is 0. The standard InChI is InChI=1S/C25H20N2O5/c28-25(29)18-8-4-7-17(12-18)24-27-20-10-9-19(13-22(20)32-24)26-21(23-14-30-15-31-23)11-16-5-2-1-3-6-16/h1-10,12-14,21,26H,11,15H2,(H,28,29). The number of hydrogen-bond acceptors (Lipinski definition) is 6. The normalized spacial score (nSPS) is 13.8. The maximum absolute atomic E-state index is 11.3. The van der Waals surface area contributed by atoms with Gasteiger partial charge in [-0.3, -0.25) is 0 Å². The Morgan fingerprint density at radius 3 is 2.72 bits per heavy atom. The number of carbonyl (C=O) groups is 1. The fraction of sp³-hybridized carbons (Fsp3) is 0.120. The van der Waals surface area contributed by atoms with Crippen LogP contribution in [0.2, 0.25) is 0 Å². The third-order valence-corrected chi connectivity index (χ3v) is 5.21. The first-order valence-electron chi connectivity index (χ1n) is 10.1. The molecule has 1 aliphatic heterocycles. The van der Waals surface area contributed by atoms with Gasteiger partial charge in [-0.2, -0.15) is 0 Å². The number of oxazole rings is 1. The molecule has 0 bridgehead atoms. The van der Waals surface area contributed by atoms with Crippen LogP contribution in [0.5, 0.6) is 0 Å². The second kappa shape index (κ2) is 8.47. The zero-order valence-electron chi connectivity index (χ0n) is 17.0. The molecule has 7 heteroatoms. The highest BCUT2D eigenvalue weighted by Gasteiger charge is 2.21. The Balaban J connectivity index is 1.42. The Labute approximate surface area is 183 Å². The number of nitrogens with one attached hydrogen (secondary N) is 1. The Morgan fingerprint density at radius 2 is 1.94 bits per heavy atom. The van der Waals surface area contributed by atoms with Crippen molar-refractivity contribution in [1.29, 1.82) is 0 Å². The Kier molecular flexibility index (Phi) is 5.21. The van der Waals surface area contributed by atoms with E-state index in [1.54, 1.807) is 24.5 Å². The lowest BCUT2D eigenvalue weighted by Gasteiger charge is -2.20. The number of carboxylic acids is 1. The zero-order chi connectivity index (χ0) is 21.9. The van der Waals surface area contributed by atoms with Gasteiger partial charge < -0.3 is 24.3 Å². The maximum atomic E-state index is 11.3. The van der Waals surface area contributed by atoms with Crippen LogP contribution >= 0.6 is 0 Å². The quantitative estimate of drug-likeness (QED) is 0.425. The van der Waals surface area contributed by atoms with Gasteiger partial charge in [0.25, 0.3) is 0 Å². The molecule has 0 spiro atoms. The molecule has 2 heterocycles. The molecule has 5 rings (SSSR count). The van der Waals surface area contributed by atoms with Gasteiger partial charge in [0.1, 0.15) is 11.8 Å². The number of fused-ring (bicyclic) bond motifs is 1. The van der Waals surface area contributed by atoms with E-state index in [-0.39, 0.29) is 18.4 Å². The van der Waals surface area contributed by atoms with Crippen LogP contribution in [0.1, 0.15) is 15.9 Å². The molecular weight excluding hydrogens is 408 g/mol. The molecule has 4 aromatic rings. The van der Waals surface area contributed by atoms with Crippen molar-refractivity contribution < 1.29 is 23.8 Å². The predicted octanol–water partition coefficient (Wildman–Crippen LogP) is 5.06. The molecule has 0 saturated carbocycles. The first-order valence-corrected chi connectivity index (χ1v) is 10.1. The highest BCUT2D eigenvalue weighted by molar-refractivity contribution is 5.89. The van der Waals surface area contributed by atoms with E-state index in [0.29, 0.717) is 22.6 Å². The van der Waals surface area contributed by atoms with Crippen molar-refractivity contribution in [2.75, 3.05) is 12.1 Å². The highest BCUT2D eigenvalue weighted by atomic mass is 16.7. The lowest BCUT2D eigenvalue weighted by atomic mass is 10.0. The first kappa shape index (κ1) is 19.7. The third kappa shape index (κ3) is 4.13. The summed E-state index contributed by atoms with van der Waals surface area (Å²) in [6.45, 7) is 0.211. The van der Waals surface area contributed by atoms with Crippen molar-refractivity contribution >= 4 is 22.8 Å². The van der Waals surface area contributed by atoms with Gasteiger partial charge in [-0.1, -0.05) is 36.4 Å². The molecule has 1 unspecified atom stereocenters. The monoisotopic (exact) mass is 428 g/mol. The van der Waals surface area contributed by atoms with Crippen LogP contribution in [-0.2, 0) is 15.9 Å². The van der Waals surface area contributed by atoms with Gasteiger partial charge in [0.15, 0.2) is 11.3 Å². The fourth-order valence-electron chi connectivity index (χ4n) is 3.63. The average molecular weight is 428 g/mol. The minimum atomic E-state index is -0.994. The largest absolute Gasteiger partial charge is 0.478 e. The van der Waals surface area contributed by atoms with Crippen molar-refractivity contribution in [2.45, 2.75) is 12.5 Å². The molecule has 2 N–H and O–H groups in total. The molecule has 0 amide bonds. The fourth-order valence-corrected chi connectivity index (χ4v) is 3.63. The van der Waals surface area contributed by atoms with Crippen LogP contribution in [0.15, 0.2) is 89.2 Å². The van der Waals surface area contributed by atoms with E-state index in [0.717, 1.165) is 17.9 Å². The molecule has 160 valence electrons. The van der Waals surface area contributed by atoms with E-state index in [4.69, 9.17) is 13.9 Å². The number of nitrogens with zero attached hydrogens (tertiary/aromatic N) is 1. The molecule has 7 nitrogen and oxygen atoms in total. The molecule has 0 radical (unpaired) electrons. The van der Waals surface area contributed by atoms with E-state index in [9.17, 15) is 9.90 Å². The summed E-state index contributed by atoms with van der Waals surface area (Å²) in [6.07, 6.45) is 2.36. The van der Waals surface area contributed by atoms with E-state index < -0.39 is 5.97 Å². The lowest BCUT2D eigenvalue weighted by Crippen LogP contribution is -2.25. The van der Waals surface area contributed by atoms with Gasteiger partial charge in [-0.25, -0.2) is 9.78 Å². The van der Waals surface area contributed by atoms with Crippen molar-refractivity contribution in [1.82, 2.24) is 4.98 Å². The molecule has 1 aromatic heterocycles. The van der Waals surface area contributed by atoms with E-state index in [1.165, 1.54) is 11.6 Å². The number of hydrogen-bond donors (Lipinski definition) is 2. The number of aromatic carboxylic acids is 1. The van der Waals surface area contributed by atoms with Crippen molar-refractivity contribution in [3.63, 3.8) is 0 Å². The van der Waals surface area contributed by atoms with Crippen LogP contribution in [0.25, 0.3) is 22.6 Å². The molecule has 0 saturated heterocycles. The van der Waals surface area contributed by atoms with Gasteiger partial charge in [0, 0.05) is 17.3 Å². The van der Waals surface area contributed by atoms with Crippen LogP contribution in [0.4, 0.5) is 5.69 Å². The molecule has 3 aromatic carbocycles. The molecule has 32 heavy (non-hydrogen) atoms. The van der Waals surface area contributed by atoms with E-state index in [1.807, 2.05) is 36.4 Å². The number of aromatic nitrogens is 1. The first-order chi connectivity index (χ1) is 15.7. The van der Waals surface area contributed by atoms with Crippen molar-refractivity contribution in [3.05, 3.63) is 95.9 Å². The summed E-state index contributed by atoms with van der Waals surface area (Å²) in [4.78, 5) is 15.8. The smallest absolute Gasteiger partial charge is 0.335 e. The number of rotatable bonds is 7. The third-order valence-electron chi connectivity index (χ3n) is 5.21. The van der Waals surface area contributed by atoms with Crippen LogP contribution in [0.3, 0.4) is 0 Å². The maximum Gasteiger partial charge on any atom is 0.335 e. The summed E-state index contributed by atoms with van der Waals surface area (Å²) in [5.74, 6) is 0.111. The van der Waals surface area contributed by atoms with Gasteiger partial charge >= 0.3 is 5.97 Å². The summed E-state index contributed by atoms with van der Waals surface area (Å²) in [5.41, 5.74) is 4.09. The zero-order valence-corrected chi connectivity index (χ0v) is 17.0. The van der Waals surface area contributed by atoms with Gasteiger partial charge in [-0.15, -0.1) is 0 Å². The summed E-state index contributed by atoms with van der Waals surface area (Å²) >= 11 is 0. The highest BCUT2D eigenvalue weighted by Crippen LogP contribution is 2.28. The minimum Gasteiger partial charge on any atom is -0.478 e. The number of anilines is 1. The predicted molar refractivity (Wildman–Crippen MR) is 119 cm³/mol. The molecular formula is C25H20N2O5. The van der Waals surface area contributed by atoms with Gasteiger partial charge in [0.05, 0.1) is 11.6 Å².